The van der Waals surface area contributed by atoms with Crippen molar-refractivity contribution < 1.29 is 4.79 Å². The van der Waals surface area contributed by atoms with Crippen LogP contribution in [-0.2, 0) is 6.42 Å². The minimum atomic E-state index is -0.161. The van der Waals surface area contributed by atoms with Crippen LogP contribution in [0.2, 0.25) is 0 Å². The second-order valence-corrected chi connectivity index (χ2v) is 5.53. The molecule has 0 saturated carbocycles. The van der Waals surface area contributed by atoms with E-state index in [0.717, 1.165) is 18.7 Å². The molecule has 23 heavy (non-hydrogen) atoms. The first-order chi connectivity index (χ1) is 11.1. The Kier molecular flexibility index (Phi) is 6.05. The van der Waals surface area contributed by atoms with E-state index in [9.17, 15) is 4.79 Å². The molecule has 0 saturated heterocycles. The molecule has 1 amide bonds. The van der Waals surface area contributed by atoms with E-state index < -0.39 is 0 Å². The molecular weight excluding hydrogens is 290 g/mol. The van der Waals surface area contributed by atoms with E-state index in [2.05, 4.69) is 39.7 Å². The molecule has 1 aromatic heterocycles. The summed E-state index contributed by atoms with van der Waals surface area (Å²) >= 11 is 0. The maximum Gasteiger partial charge on any atom is 0.254 e. The first-order valence-electron chi connectivity index (χ1n) is 7.69. The van der Waals surface area contributed by atoms with Crippen LogP contribution in [0, 0.1) is 0 Å². The first-order valence-corrected chi connectivity index (χ1v) is 7.69. The average molecular weight is 313 g/mol. The Hall–Kier alpha value is -2.47. The van der Waals surface area contributed by atoms with Gasteiger partial charge in [0.15, 0.2) is 0 Å². The second-order valence-electron chi connectivity index (χ2n) is 5.53. The van der Waals surface area contributed by atoms with Gasteiger partial charge in [0.25, 0.3) is 5.91 Å². The normalized spacial score (nSPS) is 10.6. The summed E-state index contributed by atoms with van der Waals surface area (Å²) in [5.74, 6) is 0.310. The molecule has 0 radical (unpaired) electrons. The number of carbonyl (C=O) groups excluding carboxylic acids is 1. The standard InChI is InChI=1S/C17H23N5O/c1-4-13-5-7-15(8-6-13)21-17-19-11-14(12-20-17)16(23)18-9-10-22(2)3/h5-8,11-12H,4,9-10H2,1-3H3,(H,18,23)(H,19,20,21). The van der Waals surface area contributed by atoms with Crippen LogP contribution in [0.4, 0.5) is 11.6 Å². The van der Waals surface area contributed by atoms with Crippen LogP contribution in [0.15, 0.2) is 36.7 Å². The molecule has 0 aliphatic carbocycles. The fraction of sp³-hybridized carbons (Fsp3) is 0.353. The smallest absolute Gasteiger partial charge is 0.254 e. The van der Waals surface area contributed by atoms with Gasteiger partial charge in [0.1, 0.15) is 0 Å². The van der Waals surface area contributed by atoms with Crippen molar-refractivity contribution in [2.75, 3.05) is 32.5 Å². The van der Waals surface area contributed by atoms with Crippen LogP contribution in [0.3, 0.4) is 0 Å². The van der Waals surface area contributed by atoms with Crippen LogP contribution in [-0.4, -0.2) is 48.0 Å². The number of aryl methyl sites for hydroxylation is 1. The van der Waals surface area contributed by atoms with Gasteiger partial charge in [-0.1, -0.05) is 19.1 Å². The lowest BCUT2D eigenvalue weighted by atomic mass is 10.1. The number of aromatic nitrogens is 2. The summed E-state index contributed by atoms with van der Waals surface area (Å²) in [5.41, 5.74) is 2.65. The molecule has 1 heterocycles. The minimum absolute atomic E-state index is 0.161. The number of likely N-dealkylation sites (N-methyl/N-ethyl adjacent to an activating group) is 1. The highest BCUT2D eigenvalue weighted by Gasteiger charge is 2.07. The van der Waals surface area contributed by atoms with E-state index in [4.69, 9.17) is 0 Å². The predicted molar refractivity (Wildman–Crippen MR) is 92.0 cm³/mol. The van der Waals surface area contributed by atoms with Crippen molar-refractivity contribution >= 4 is 17.5 Å². The van der Waals surface area contributed by atoms with Gasteiger partial charge in [-0.15, -0.1) is 0 Å². The predicted octanol–water partition coefficient (Wildman–Crippen LogP) is 2.07. The average Bonchev–Trinajstić information content (AvgIpc) is 2.56. The van der Waals surface area contributed by atoms with Crippen LogP contribution in [0.1, 0.15) is 22.8 Å². The molecule has 0 atom stereocenters. The van der Waals surface area contributed by atoms with Crippen LogP contribution in [0.5, 0.6) is 0 Å². The Morgan fingerprint density at radius 2 is 1.78 bits per heavy atom. The van der Waals surface area contributed by atoms with Crippen molar-refractivity contribution in [1.82, 2.24) is 20.2 Å². The molecule has 0 bridgehead atoms. The number of benzene rings is 1. The lowest BCUT2D eigenvalue weighted by molar-refractivity contribution is 0.0950. The third-order valence-electron chi connectivity index (χ3n) is 3.38. The Morgan fingerprint density at radius 3 is 2.35 bits per heavy atom. The molecule has 122 valence electrons. The topological polar surface area (TPSA) is 70.2 Å². The largest absolute Gasteiger partial charge is 0.351 e. The molecule has 2 aromatic rings. The lowest BCUT2D eigenvalue weighted by Gasteiger charge is -2.10. The van der Waals surface area contributed by atoms with Crippen LogP contribution >= 0.6 is 0 Å². The van der Waals surface area contributed by atoms with Crippen molar-refractivity contribution in [2.45, 2.75) is 13.3 Å². The molecular formula is C17H23N5O. The summed E-state index contributed by atoms with van der Waals surface area (Å²) in [5, 5.41) is 5.95. The molecule has 6 nitrogen and oxygen atoms in total. The Labute approximate surface area is 137 Å². The van der Waals surface area contributed by atoms with Crippen molar-refractivity contribution in [2.24, 2.45) is 0 Å². The van der Waals surface area contributed by atoms with Crippen LogP contribution in [0.25, 0.3) is 0 Å². The second kappa shape index (κ2) is 8.24. The zero-order chi connectivity index (χ0) is 16.7. The van der Waals surface area contributed by atoms with Crippen molar-refractivity contribution in [3.05, 3.63) is 47.8 Å². The molecule has 0 unspecified atom stereocenters. The van der Waals surface area contributed by atoms with E-state index in [0.29, 0.717) is 18.1 Å². The fourth-order valence-corrected chi connectivity index (χ4v) is 1.96. The number of nitrogens with one attached hydrogen (secondary N) is 2. The highest BCUT2D eigenvalue weighted by molar-refractivity contribution is 5.93. The van der Waals surface area contributed by atoms with Gasteiger partial charge in [-0.2, -0.15) is 0 Å². The zero-order valence-electron chi connectivity index (χ0n) is 13.8. The van der Waals surface area contributed by atoms with Gasteiger partial charge in [0.05, 0.1) is 5.56 Å². The third-order valence-corrected chi connectivity index (χ3v) is 3.38. The van der Waals surface area contributed by atoms with Gasteiger partial charge in [0, 0.05) is 31.2 Å². The van der Waals surface area contributed by atoms with Gasteiger partial charge in [-0.05, 0) is 38.2 Å². The number of carbonyl (C=O) groups is 1. The first kappa shape index (κ1) is 16.9. The monoisotopic (exact) mass is 313 g/mol. The van der Waals surface area contributed by atoms with E-state index in [1.165, 1.54) is 18.0 Å². The number of rotatable bonds is 7. The molecule has 0 aliphatic rings. The molecule has 0 fully saturated rings. The summed E-state index contributed by atoms with van der Waals surface area (Å²) in [6, 6.07) is 8.11. The maximum atomic E-state index is 11.9. The molecule has 0 spiro atoms. The molecule has 2 N–H and O–H groups in total. The van der Waals surface area contributed by atoms with E-state index in [1.54, 1.807) is 0 Å². The Balaban J connectivity index is 1.91. The van der Waals surface area contributed by atoms with E-state index >= 15 is 0 Å². The molecule has 6 heteroatoms. The summed E-state index contributed by atoms with van der Waals surface area (Å²) in [4.78, 5) is 22.3. The van der Waals surface area contributed by atoms with E-state index in [-0.39, 0.29) is 5.91 Å². The number of hydrogen-bond acceptors (Lipinski definition) is 5. The van der Waals surface area contributed by atoms with Crippen molar-refractivity contribution in [3.63, 3.8) is 0 Å². The quantitative estimate of drug-likeness (QED) is 0.819. The highest BCUT2D eigenvalue weighted by atomic mass is 16.1. The van der Waals surface area contributed by atoms with Crippen molar-refractivity contribution in [1.29, 1.82) is 0 Å². The van der Waals surface area contributed by atoms with Crippen LogP contribution < -0.4 is 10.6 Å². The fourth-order valence-electron chi connectivity index (χ4n) is 1.96. The summed E-state index contributed by atoms with van der Waals surface area (Å²) in [6.45, 7) is 3.50. The Bertz CT molecular complexity index is 622. The van der Waals surface area contributed by atoms with Crippen molar-refractivity contribution in [3.8, 4) is 0 Å². The SMILES string of the molecule is CCc1ccc(Nc2ncc(C(=O)NCCN(C)C)cn2)cc1. The zero-order valence-corrected chi connectivity index (χ0v) is 13.8. The number of anilines is 2. The number of hydrogen-bond donors (Lipinski definition) is 2. The maximum absolute atomic E-state index is 11.9. The van der Waals surface area contributed by atoms with Gasteiger partial charge in [0.2, 0.25) is 5.95 Å². The summed E-state index contributed by atoms with van der Waals surface area (Å²) in [7, 11) is 3.92. The van der Waals surface area contributed by atoms with Gasteiger partial charge in [-0.3, -0.25) is 4.79 Å². The molecule has 2 rings (SSSR count). The Morgan fingerprint density at radius 1 is 1.13 bits per heavy atom. The van der Waals surface area contributed by atoms with Gasteiger partial charge in [-0.25, -0.2) is 9.97 Å². The van der Waals surface area contributed by atoms with Gasteiger partial charge >= 0.3 is 0 Å². The lowest BCUT2D eigenvalue weighted by Crippen LogP contribution is -2.31. The van der Waals surface area contributed by atoms with Gasteiger partial charge < -0.3 is 15.5 Å². The number of amides is 1. The number of nitrogens with zero attached hydrogens (tertiary/aromatic N) is 3. The summed E-state index contributed by atoms with van der Waals surface area (Å²) in [6.07, 6.45) is 4.07. The third kappa shape index (κ3) is 5.34. The highest BCUT2D eigenvalue weighted by Crippen LogP contribution is 2.14. The summed E-state index contributed by atoms with van der Waals surface area (Å²) < 4.78 is 0. The molecule has 1 aromatic carbocycles. The van der Waals surface area contributed by atoms with E-state index in [1.807, 2.05) is 31.1 Å². The molecule has 0 aliphatic heterocycles. The minimum Gasteiger partial charge on any atom is -0.351 e.